The fourth-order valence-electron chi connectivity index (χ4n) is 4.43. The number of amides is 2. The van der Waals surface area contributed by atoms with Gasteiger partial charge >= 0.3 is 0 Å². The van der Waals surface area contributed by atoms with Crippen molar-refractivity contribution in [3.05, 3.63) is 83.9 Å². The number of carbonyl (C=O) groups is 2. The third-order valence-electron chi connectivity index (χ3n) is 6.22. The van der Waals surface area contributed by atoms with Crippen molar-refractivity contribution in [3.63, 3.8) is 0 Å². The second-order valence-corrected chi connectivity index (χ2v) is 9.67. The van der Waals surface area contributed by atoms with Crippen LogP contribution in [0, 0.1) is 12.8 Å². The van der Waals surface area contributed by atoms with E-state index in [1.54, 1.807) is 9.80 Å². The van der Waals surface area contributed by atoms with Crippen LogP contribution in [0.5, 0.6) is 5.75 Å². The number of fused-ring (bicyclic) bond motifs is 1. The lowest BCUT2D eigenvalue weighted by Gasteiger charge is -2.23. The number of rotatable bonds is 7. The fraction of sp³-hybridized carbons (Fsp3) is 0.250. The molecule has 6 nitrogen and oxygen atoms in total. The number of para-hydroxylation sites is 1. The SMILES string of the molecule is CCOc1ccc(N2C[C@@H](C(=O)N(Cc3ccccc3)c3nc4c(C)cccc4s3)CC2=O)cc1. The molecule has 1 aromatic heterocycles. The highest BCUT2D eigenvalue weighted by atomic mass is 32.1. The van der Waals surface area contributed by atoms with E-state index < -0.39 is 5.92 Å². The number of hydrogen-bond donors (Lipinski definition) is 0. The minimum Gasteiger partial charge on any atom is -0.494 e. The molecule has 5 rings (SSSR count). The predicted octanol–water partition coefficient (Wildman–Crippen LogP) is 5.59. The molecule has 0 spiro atoms. The Balaban J connectivity index is 1.43. The first kappa shape index (κ1) is 23.1. The van der Waals surface area contributed by atoms with Crippen LogP contribution < -0.4 is 14.5 Å². The van der Waals surface area contributed by atoms with Crippen molar-refractivity contribution >= 4 is 44.2 Å². The van der Waals surface area contributed by atoms with Crippen LogP contribution in [-0.4, -0.2) is 29.9 Å². The van der Waals surface area contributed by atoms with Gasteiger partial charge in [0.05, 0.1) is 29.3 Å². The minimum absolute atomic E-state index is 0.0488. The molecule has 0 N–H and O–H groups in total. The Bertz CT molecular complexity index is 1350. The third-order valence-corrected chi connectivity index (χ3v) is 7.27. The lowest BCUT2D eigenvalue weighted by Crippen LogP contribution is -2.37. The molecule has 0 radical (unpaired) electrons. The largest absolute Gasteiger partial charge is 0.494 e. The lowest BCUT2D eigenvalue weighted by molar-refractivity contribution is -0.124. The van der Waals surface area contributed by atoms with Crippen LogP contribution in [0.1, 0.15) is 24.5 Å². The van der Waals surface area contributed by atoms with Crippen molar-refractivity contribution in [3.8, 4) is 5.75 Å². The summed E-state index contributed by atoms with van der Waals surface area (Å²) >= 11 is 1.51. The van der Waals surface area contributed by atoms with Crippen LogP contribution in [0.25, 0.3) is 10.2 Å². The Kier molecular flexibility index (Phi) is 6.51. The predicted molar refractivity (Wildman–Crippen MR) is 140 cm³/mol. The van der Waals surface area contributed by atoms with E-state index in [0.29, 0.717) is 24.8 Å². The normalized spacial score (nSPS) is 15.5. The molecule has 1 fully saturated rings. The van der Waals surface area contributed by atoms with Gasteiger partial charge in [0.1, 0.15) is 5.75 Å². The van der Waals surface area contributed by atoms with Gasteiger partial charge < -0.3 is 9.64 Å². The number of thiazole rings is 1. The van der Waals surface area contributed by atoms with E-state index in [0.717, 1.165) is 32.8 Å². The van der Waals surface area contributed by atoms with Gasteiger partial charge in [-0.3, -0.25) is 14.5 Å². The van der Waals surface area contributed by atoms with Crippen molar-refractivity contribution in [2.45, 2.75) is 26.8 Å². The van der Waals surface area contributed by atoms with Gasteiger partial charge in [-0.25, -0.2) is 4.98 Å². The summed E-state index contributed by atoms with van der Waals surface area (Å²) in [6, 6.07) is 23.4. The van der Waals surface area contributed by atoms with Gasteiger partial charge in [-0.15, -0.1) is 0 Å². The van der Waals surface area contributed by atoms with E-state index in [1.807, 2.05) is 86.6 Å². The quantitative estimate of drug-likeness (QED) is 0.342. The Hall–Kier alpha value is -3.71. The van der Waals surface area contributed by atoms with E-state index >= 15 is 0 Å². The van der Waals surface area contributed by atoms with E-state index in [4.69, 9.17) is 9.72 Å². The van der Waals surface area contributed by atoms with Crippen LogP contribution in [0.15, 0.2) is 72.8 Å². The monoisotopic (exact) mass is 485 g/mol. The molecule has 35 heavy (non-hydrogen) atoms. The number of hydrogen-bond acceptors (Lipinski definition) is 5. The summed E-state index contributed by atoms with van der Waals surface area (Å²) in [6.45, 7) is 5.30. The average Bonchev–Trinajstić information content (AvgIpc) is 3.48. The molecule has 1 saturated heterocycles. The van der Waals surface area contributed by atoms with Crippen LogP contribution >= 0.6 is 11.3 Å². The van der Waals surface area contributed by atoms with E-state index in [2.05, 4.69) is 0 Å². The first-order valence-electron chi connectivity index (χ1n) is 11.8. The van der Waals surface area contributed by atoms with Crippen LogP contribution in [-0.2, 0) is 16.1 Å². The average molecular weight is 486 g/mol. The van der Waals surface area contributed by atoms with Gasteiger partial charge in [0.2, 0.25) is 11.8 Å². The lowest BCUT2D eigenvalue weighted by atomic mass is 10.1. The smallest absolute Gasteiger partial charge is 0.234 e. The molecule has 1 aliphatic heterocycles. The van der Waals surface area contributed by atoms with Crippen LogP contribution in [0.3, 0.4) is 0 Å². The number of aromatic nitrogens is 1. The Morgan fingerprint density at radius 2 is 1.86 bits per heavy atom. The minimum atomic E-state index is -0.439. The van der Waals surface area contributed by atoms with Gasteiger partial charge in [0.25, 0.3) is 0 Å². The number of carbonyl (C=O) groups excluding carboxylic acids is 2. The van der Waals surface area contributed by atoms with Crippen molar-refractivity contribution in [1.29, 1.82) is 0 Å². The summed E-state index contributed by atoms with van der Waals surface area (Å²) in [5.74, 6) is 0.196. The van der Waals surface area contributed by atoms with Crippen LogP contribution in [0.4, 0.5) is 10.8 Å². The Morgan fingerprint density at radius 3 is 2.57 bits per heavy atom. The molecule has 0 saturated carbocycles. The summed E-state index contributed by atoms with van der Waals surface area (Å²) in [7, 11) is 0. The maximum Gasteiger partial charge on any atom is 0.234 e. The molecule has 0 bridgehead atoms. The van der Waals surface area contributed by atoms with E-state index in [9.17, 15) is 9.59 Å². The Morgan fingerprint density at radius 1 is 1.09 bits per heavy atom. The second kappa shape index (κ2) is 9.88. The topological polar surface area (TPSA) is 62.7 Å². The van der Waals surface area contributed by atoms with Crippen molar-refractivity contribution in [2.75, 3.05) is 23.0 Å². The second-order valence-electron chi connectivity index (χ2n) is 8.66. The van der Waals surface area contributed by atoms with Gasteiger partial charge in [0, 0.05) is 18.7 Å². The highest BCUT2D eigenvalue weighted by molar-refractivity contribution is 7.22. The molecule has 178 valence electrons. The molecular weight excluding hydrogens is 458 g/mol. The molecule has 2 heterocycles. The molecule has 2 amide bonds. The van der Waals surface area contributed by atoms with Gasteiger partial charge in [-0.05, 0) is 55.3 Å². The van der Waals surface area contributed by atoms with Gasteiger partial charge in [-0.1, -0.05) is 53.8 Å². The van der Waals surface area contributed by atoms with Crippen LogP contribution in [0.2, 0.25) is 0 Å². The summed E-state index contributed by atoms with van der Waals surface area (Å²) in [6.07, 6.45) is 0.182. The van der Waals surface area contributed by atoms with Gasteiger partial charge in [0.15, 0.2) is 5.13 Å². The van der Waals surface area contributed by atoms with E-state index in [1.165, 1.54) is 11.3 Å². The number of anilines is 2. The molecule has 4 aromatic rings. The third kappa shape index (κ3) is 4.77. The molecule has 1 atom stereocenters. The molecular formula is C28H27N3O3S. The fourth-order valence-corrected chi connectivity index (χ4v) is 5.48. The highest BCUT2D eigenvalue weighted by Gasteiger charge is 2.38. The van der Waals surface area contributed by atoms with E-state index in [-0.39, 0.29) is 18.2 Å². The van der Waals surface area contributed by atoms with Gasteiger partial charge in [-0.2, -0.15) is 0 Å². The number of nitrogens with zero attached hydrogens (tertiary/aromatic N) is 3. The summed E-state index contributed by atoms with van der Waals surface area (Å²) in [5.41, 5.74) is 3.79. The zero-order valence-corrected chi connectivity index (χ0v) is 20.6. The molecule has 7 heteroatoms. The van der Waals surface area contributed by atoms with Crippen molar-refractivity contribution < 1.29 is 14.3 Å². The maximum absolute atomic E-state index is 13.9. The highest BCUT2D eigenvalue weighted by Crippen LogP contribution is 2.34. The standard InChI is InChI=1S/C28H27N3O3S/c1-3-34-23-14-12-22(13-15-23)30-18-21(16-25(30)32)27(33)31(17-20-9-5-4-6-10-20)28-29-26-19(2)8-7-11-24(26)35-28/h4-15,21H,3,16-18H2,1-2H3/t21-/m0/s1. The Labute approximate surface area is 208 Å². The molecule has 0 unspecified atom stereocenters. The first-order valence-corrected chi connectivity index (χ1v) is 12.6. The number of aryl methyl sites for hydroxylation is 1. The molecule has 0 aliphatic carbocycles. The number of ether oxygens (including phenoxy) is 1. The van der Waals surface area contributed by atoms with Crippen molar-refractivity contribution in [2.24, 2.45) is 5.92 Å². The summed E-state index contributed by atoms with van der Waals surface area (Å²) in [4.78, 5) is 35.1. The zero-order chi connectivity index (χ0) is 24.4. The summed E-state index contributed by atoms with van der Waals surface area (Å²) in [5, 5.41) is 0.662. The summed E-state index contributed by atoms with van der Waals surface area (Å²) < 4.78 is 6.56. The number of benzene rings is 3. The molecule has 1 aliphatic rings. The molecule has 3 aromatic carbocycles. The van der Waals surface area contributed by atoms with Crippen molar-refractivity contribution in [1.82, 2.24) is 4.98 Å². The first-order chi connectivity index (χ1) is 17.0. The zero-order valence-electron chi connectivity index (χ0n) is 19.8. The maximum atomic E-state index is 13.9.